The van der Waals surface area contributed by atoms with Gasteiger partial charge in [-0.1, -0.05) is 41.9 Å². The summed E-state index contributed by atoms with van der Waals surface area (Å²) in [5.74, 6) is 0.634. The van der Waals surface area contributed by atoms with Crippen molar-refractivity contribution in [1.82, 2.24) is 9.78 Å². The number of amides is 2. The number of aryl methyl sites for hydroxylation is 2. The molecule has 4 rings (SSSR count). The van der Waals surface area contributed by atoms with Crippen LogP contribution in [0.2, 0.25) is 5.02 Å². The van der Waals surface area contributed by atoms with Crippen LogP contribution in [0.5, 0.6) is 0 Å². The van der Waals surface area contributed by atoms with Gasteiger partial charge in [-0.2, -0.15) is 5.10 Å². The molecule has 0 spiro atoms. The van der Waals surface area contributed by atoms with E-state index in [0.29, 0.717) is 17.3 Å². The Kier molecular flexibility index (Phi) is 5.59. The first-order valence-electron chi connectivity index (χ1n) is 9.93. The summed E-state index contributed by atoms with van der Waals surface area (Å²) in [5, 5.41) is 8.20. The van der Waals surface area contributed by atoms with Crippen LogP contribution in [-0.2, 0) is 22.6 Å². The molecule has 0 unspecified atom stereocenters. The van der Waals surface area contributed by atoms with E-state index >= 15 is 0 Å². The molecule has 1 aliphatic rings. The first-order valence-corrected chi connectivity index (χ1v) is 10.3. The molecule has 0 radical (unpaired) electrons. The molecule has 0 atom stereocenters. The van der Waals surface area contributed by atoms with Gasteiger partial charge in [-0.05, 0) is 37.1 Å². The second-order valence-corrected chi connectivity index (χ2v) is 7.88. The number of aromatic nitrogens is 2. The summed E-state index contributed by atoms with van der Waals surface area (Å²) in [6.45, 7) is 4.79. The molecule has 2 aromatic carbocycles. The Balaban J connectivity index is 1.76. The van der Waals surface area contributed by atoms with Gasteiger partial charge in [-0.3, -0.25) is 14.5 Å². The van der Waals surface area contributed by atoms with Crippen LogP contribution < -0.4 is 10.2 Å². The smallest absolute Gasteiger partial charge is 0.232 e. The number of hydrogen-bond acceptors (Lipinski definition) is 3. The van der Waals surface area contributed by atoms with Gasteiger partial charge in [0.2, 0.25) is 11.8 Å². The molecular weight excluding hydrogens is 400 g/mol. The standard InChI is InChI=1S/C23H23ClN4O2/c1-15-22(19-9-3-4-10-20(19)25-16(2)29)23-27(11-6-12-28(23)26-15)21(30)14-17-7-5-8-18(24)13-17/h3-5,7-10,13H,6,11-12,14H2,1-2H3,(H,25,29). The third-order valence-electron chi connectivity index (χ3n) is 5.16. The number of fused-ring (bicyclic) bond motifs is 1. The van der Waals surface area contributed by atoms with E-state index < -0.39 is 0 Å². The fraction of sp³-hybridized carbons (Fsp3) is 0.261. The molecule has 0 saturated carbocycles. The minimum Gasteiger partial charge on any atom is -0.326 e. The zero-order chi connectivity index (χ0) is 21.3. The predicted molar refractivity (Wildman–Crippen MR) is 119 cm³/mol. The highest BCUT2D eigenvalue weighted by molar-refractivity contribution is 6.30. The van der Waals surface area contributed by atoms with E-state index in [2.05, 4.69) is 5.32 Å². The second-order valence-electron chi connectivity index (χ2n) is 7.44. The van der Waals surface area contributed by atoms with Crippen LogP contribution in [0.25, 0.3) is 11.1 Å². The summed E-state index contributed by atoms with van der Waals surface area (Å²) >= 11 is 6.09. The molecule has 0 saturated heterocycles. The number of nitrogens with one attached hydrogen (secondary N) is 1. The molecule has 2 heterocycles. The molecule has 1 aromatic heterocycles. The molecule has 3 aromatic rings. The second kappa shape index (κ2) is 8.32. The predicted octanol–water partition coefficient (Wildman–Crippen LogP) is 4.45. The number of anilines is 2. The Hall–Kier alpha value is -3.12. The third kappa shape index (κ3) is 3.96. The molecule has 0 bridgehead atoms. The average molecular weight is 423 g/mol. The minimum atomic E-state index is -0.143. The normalized spacial score (nSPS) is 13.1. The molecule has 1 aliphatic heterocycles. The maximum Gasteiger partial charge on any atom is 0.232 e. The number of carbonyl (C=O) groups is 2. The molecule has 7 heteroatoms. The lowest BCUT2D eigenvalue weighted by Gasteiger charge is -2.29. The summed E-state index contributed by atoms with van der Waals surface area (Å²) in [6, 6.07) is 15.0. The largest absolute Gasteiger partial charge is 0.326 e. The van der Waals surface area contributed by atoms with Crippen molar-refractivity contribution in [3.8, 4) is 11.1 Å². The van der Waals surface area contributed by atoms with Gasteiger partial charge in [0.15, 0.2) is 0 Å². The van der Waals surface area contributed by atoms with Gasteiger partial charge in [0.25, 0.3) is 0 Å². The zero-order valence-corrected chi connectivity index (χ0v) is 17.7. The molecule has 154 valence electrons. The first-order chi connectivity index (χ1) is 14.4. The molecule has 0 aliphatic carbocycles. The zero-order valence-electron chi connectivity index (χ0n) is 17.0. The molecule has 2 amide bonds. The van der Waals surface area contributed by atoms with Gasteiger partial charge in [0.05, 0.1) is 12.1 Å². The molecule has 6 nitrogen and oxygen atoms in total. The van der Waals surface area contributed by atoms with Crippen molar-refractivity contribution in [3.63, 3.8) is 0 Å². The summed E-state index contributed by atoms with van der Waals surface area (Å²) < 4.78 is 1.90. The Morgan fingerprint density at radius 2 is 1.93 bits per heavy atom. The highest BCUT2D eigenvalue weighted by Crippen LogP contribution is 2.40. The van der Waals surface area contributed by atoms with Crippen LogP contribution in [-0.4, -0.2) is 28.1 Å². The van der Waals surface area contributed by atoms with Gasteiger partial charge in [0, 0.05) is 41.9 Å². The van der Waals surface area contributed by atoms with Crippen LogP contribution in [0.15, 0.2) is 48.5 Å². The number of rotatable bonds is 4. The van der Waals surface area contributed by atoms with Gasteiger partial charge in [-0.25, -0.2) is 4.68 Å². The number of halogens is 1. The SMILES string of the molecule is CC(=O)Nc1ccccc1-c1c(C)nn2c1N(C(=O)Cc1cccc(Cl)c1)CCC2. The Morgan fingerprint density at radius 3 is 2.70 bits per heavy atom. The number of nitrogens with zero attached hydrogens (tertiary/aromatic N) is 3. The highest BCUT2D eigenvalue weighted by atomic mass is 35.5. The maximum absolute atomic E-state index is 13.3. The summed E-state index contributed by atoms with van der Waals surface area (Å²) in [4.78, 5) is 26.8. The monoisotopic (exact) mass is 422 g/mol. The lowest BCUT2D eigenvalue weighted by Crippen LogP contribution is -2.38. The fourth-order valence-electron chi connectivity index (χ4n) is 3.96. The lowest BCUT2D eigenvalue weighted by atomic mass is 10.0. The van der Waals surface area contributed by atoms with Crippen molar-refractivity contribution in [2.45, 2.75) is 33.2 Å². The number of para-hydroxylation sites is 1. The van der Waals surface area contributed by atoms with Gasteiger partial charge in [0.1, 0.15) is 5.82 Å². The van der Waals surface area contributed by atoms with Gasteiger partial charge < -0.3 is 5.32 Å². The lowest BCUT2D eigenvalue weighted by molar-refractivity contribution is -0.118. The molecule has 1 N–H and O–H groups in total. The third-order valence-corrected chi connectivity index (χ3v) is 5.40. The Bertz CT molecular complexity index is 1120. The van der Waals surface area contributed by atoms with Gasteiger partial charge >= 0.3 is 0 Å². The Labute approximate surface area is 180 Å². The van der Waals surface area contributed by atoms with E-state index in [1.165, 1.54) is 6.92 Å². The summed E-state index contributed by atoms with van der Waals surface area (Å²) in [5.41, 5.74) is 4.13. The molecule has 0 fully saturated rings. The number of hydrogen-bond donors (Lipinski definition) is 1. The van der Waals surface area contributed by atoms with Crippen LogP contribution in [0, 0.1) is 6.92 Å². The minimum absolute atomic E-state index is 0.00336. The number of benzene rings is 2. The Morgan fingerprint density at radius 1 is 1.13 bits per heavy atom. The van der Waals surface area contributed by atoms with Crippen molar-refractivity contribution in [2.75, 3.05) is 16.8 Å². The summed E-state index contributed by atoms with van der Waals surface area (Å²) in [6.07, 6.45) is 1.10. The van der Waals surface area contributed by atoms with Crippen LogP contribution in [0.1, 0.15) is 24.6 Å². The number of carbonyl (C=O) groups excluding carboxylic acids is 2. The van der Waals surface area contributed by atoms with Crippen LogP contribution in [0.4, 0.5) is 11.5 Å². The molecule has 30 heavy (non-hydrogen) atoms. The fourth-order valence-corrected chi connectivity index (χ4v) is 4.17. The average Bonchev–Trinajstić information content (AvgIpc) is 3.03. The van der Waals surface area contributed by atoms with E-state index in [0.717, 1.165) is 41.2 Å². The van der Waals surface area contributed by atoms with Crippen LogP contribution >= 0.6 is 11.6 Å². The van der Waals surface area contributed by atoms with Crippen molar-refractivity contribution in [1.29, 1.82) is 0 Å². The van der Waals surface area contributed by atoms with E-state index in [1.807, 2.05) is 59.0 Å². The summed E-state index contributed by atoms with van der Waals surface area (Å²) in [7, 11) is 0. The van der Waals surface area contributed by atoms with E-state index in [4.69, 9.17) is 16.7 Å². The van der Waals surface area contributed by atoms with Crippen LogP contribution in [0.3, 0.4) is 0 Å². The quantitative estimate of drug-likeness (QED) is 0.675. The maximum atomic E-state index is 13.3. The van der Waals surface area contributed by atoms with Gasteiger partial charge in [-0.15, -0.1) is 0 Å². The van der Waals surface area contributed by atoms with Crippen molar-refractivity contribution in [3.05, 3.63) is 64.8 Å². The topological polar surface area (TPSA) is 67.2 Å². The van der Waals surface area contributed by atoms with E-state index in [1.54, 1.807) is 6.07 Å². The van der Waals surface area contributed by atoms with Crippen molar-refractivity contribution < 1.29 is 9.59 Å². The van der Waals surface area contributed by atoms with E-state index in [-0.39, 0.29) is 18.2 Å². The highest BCUT2D eigenvalue weighted by Gasteiger charge is 2.30. The van der Waals surface area contributed by atoms with Crippen molar-refractivity contribution >= 4 is 34.9 Å². The first kappa shape index (κ1) is 20.2. The molecular formula is C23H23ClN4O2. The van der Waals surface area contributed by atoms with E-state index in [9.17, 15) is 9.59 Å². The van der Waals surface area contributed by atoms with Crippen molar-refractivity contribution in [2.24, 2.45) is 0 Å².